The van der Waals surface area contributed by atoms with E-state index in [-0.39, 0.29) is 0 Å². The van der Waals surface area contributed by atoms with Gasteiger partial charge >= 0.3 is 0 Å². The lowest BCUT2D eigenvalue weighted by Gasteiger charge is -2.25. The summed E-state index contributed by atoms with van der Waals surface area (Å²) in [6.07, 6.45) is 3.44. The van der Waals surface area contributed by atoms with E-state index in [4.69, 9.17) is 5.73 Å². The molecule has 18 heavy (non-hydrogen) atoms. The number of pyridine rings is 1. The molecule has 94 valence electrons. The van der Waals surface area contributed by atoms with Gasteiger partial charge in [0.15, 0.2) is 0 Å². The van der Waals surface area contributed by atoms with Crippen molar-refractivity contribution in [2.24, 2.45) is 0 Å². The van der Waals surface area contributed by atoms with Crippen LogP contribution < -0.4 is 10.6 Å². The summed E-state index contributed by atoms with van der Waals surface area (Å²) in [5, 5.41) is 0. The molecule has 0 atom stereocenters. The second kappa shape index (κ2) is 5.40. The number of aromatic nitrogens is 1. The maximum Gasteiger partial charge on any atom is 0.0820 e. The number of aryl methyl sites for hydroxylation is 1. The van der Waals surface area contributed by atoms with Gasteiger partial charge in [0, 0.05) is 18.4 Å². The molecule has 0 radical (unpaired) electrons. The summed E-state index contributed by atoms with van der Waals surface area (Å²) < 4.78 is 0.907. The Kier molecular flexibility index (Phi) is 3.87. The molecule has 0 fully saturated rings. The molecule has 2 aromatic rings. The molecular weight excluding hydrogens is 290 g/mol. The molecule has 2 rings (SSSR count). The number of benzene rings is 1. The van der Waals surface area contributed by atoms with Crippen molar-refractivity contribution in [2.75, 3.05) is 17.2 Å². The fourth-order valence-corrected chi connectivity index (χ4v) is 2.48. The Hall–Kier alpha value is -1.55. The topological polar surface area (TPSA) is 42.1 Å². The van der Waals surface area contributed by atoms with Crippen LogP contribution in [0.1, 0.15) is 12.5 Å². The molecule has 0 unspecified atom stereocenters. The van der Waals surface area contributed by atoms with Crippen molar-refractivity contribution in [1.82, 2.24) is 4.98 Å². The summed E-state index contributed by atoms with van der Waals surface area (Å²) >= 11 is 3.52. The van der Waals surface area contributed by atoms with Crippen LogP contribution >= 0.6 is 15.9 Å². The van der Waals surface area contributed by atoms with Gasteiger partial charge in [0.2, 0.25) is 0 Å². The third-order valence-electron chi connectivity index (χ3n) is 2.83. The molecule has 1 aromatic heterocycles. The predicted octanol–water partition coefficient (Wildman–Crippen LogP) is 3.89. The highest BCUT2D eigenvalue weighted by Gasteiger charge is 2.14. The summed E-state index contributed by atoms with van der Waals surface area (Å²) in [5.74, 6) is 0. The van der Waals surface area contributed by atoms with Crippen molar-refractivity contribution in [1.29, 1.82) is 0 Å². The smallest absolute Gasteiger partial charge is 0.0820 e. The molecule has 0 saturated carbocycles. The molecule has 4 heteroatoms. The van der Waals surface area contributed by atoms with Crippen molar-refractivity contribution >= 4 is 33.0 Å². The van der Waals surface area contributed by atoms with E-state index in [0.29, 0.717) is 5.69 Å². The van der Waals surface area contributed by atoms with Gasteiger partial charge in [-0.1, -0.05) is 17.7 Å². The van der Waals surface area contributed by atoms with Crippen LogP contribution in [0.5, 0.6) is 0 Å². The lowest BCUT2D eigenvalue weighted by Crippen LogP contribution is -2.18. The molecule has 1 heterocycles. The number of hydrogen-bond donors (Lipinski definition) is 1. The lowest BCUT2D eigenvalue weighted by molar-refractivity contribution is 1.02. The summed E-state index contributed by atoms with van der Waals surface area (Å²) in [6.45, 7) is 5.03. The van der Waals surface area contributed by atoms with Crippen LogP contribution in [0.3, 0.4) is 0 Å². The number of nitrogens with zero attached hydrogens (tertiary/aromatic N) is 2. The van der Waals surface area contributed by atoms with Gasteiger partial charge in [-0.3, -0.25) is 4.98 Å². The molecule has 1 aromatic carbocycles. The second-order valence-electron chi connectivity index (χ2n) is 4.14. The van der Waals surface area contributed by atoms with E-state index in [1.165, 1.54) is 5.56 Å². The Labute approximate surface area is 116 Å². The number of hydrogen-bond acceptors (Lipinski definition) is 3. The highest BCUT2D eigenvalue weighted by atomic mass is 79.9. The number of nitrogen functional groups attached to an aromatic ring is 1. The van der Waals surface area contributed by atoms with Gasteiger partial charge in [-0.25, -0.2) is 0 Å². The molecule has 0 saturated heterocycles. The average molecular weight is 306 g/mol. The molecule has 2 N–H and O–H groups in total. The maximum absolute atomic E-state index is 6.03. The molecule has 3 nitrogen and oxygen atoms in total. The zero-order valence-electron chi connectivity index (χ0n) is 10.5. The molecule has 0 aliphatic carbocycles. The highest BCUT2D eigenvalue weighted by Crippen LogP contribution is 2.35. The van der Waals surface area contributed by atoms with Crippen LogP contribution in [0.25, 0.3) is 0 Å². The van der Waals surface area contributed by atoms with Crippen LogP contribution in [0, 0.1) is 6.92 Å². The fraction of sp³-hybridized carbons (Fsp3) is 0.214. The van der Waals surface area contributed by atoms with Gasteiger partial charge in [0.1, 0.15) is 0 Å². The summed E-state index contributed by atoms with van der Waals surface area (Å²) in [7, 11) is 0. The zero-order chi connectivity index (χ0) is 13.1. The minimum absolute atomic E-state index is 0.673. The number of halogens is 1. The maximum atomic E-state index is 6.03. The zero-order valence-corrected chi connectivity index (χ0v) is 12.1. The summed E-state index contributed by atoms with van der Waals surface area (Å²) in [4.78, 5) is 6.24. The normalized spacial score (nSPS) is 10.4. The van der Waals surface area contributed by atoms with E-state index in [1.807, 2.05) is 0 Å². The Morgan fingerprint density at radius 1 is 1.22 bits per heavy atom. The Bertz CT molecular complexity index is 517. The average Bonchev–Trinajstić information content (AvgIpc) is 2.35. The van der Waals surface area contributed by atoms with Gasteiger partial charge in [-0.15, -0.1) is 0 Å². The Balaban J connectivity index is 2.48. The van der Waals surface area contributed by atoms with Crippen LogP contribution in [-0.2, 0) is 0 Å². The van der Waals surface area contributed by atoms with E-state index < -0.39 is 0 Å². The van der Waals surface area contributed by atoms with Crippen LogP contribution in [-0.4, -0.2) is 11.5 Å². The van der Waals surface area contributed by atoms with Gasteiger partial charge in [-0.05, 0) is 41.9 Å². The summed E-state index contributed by atoms with van der Waals surface area (Å²) in [6, 6.07) is 8.41. The minimum Gasteiger partial charge on any atom is -0.396 e. The first-order valence-electron chi connectivity index (χ1n) is 5.86. The molecule has 0 aliphatic rings. The monoisotopic (exact) mass is 305 g/mol. The van der Waals surface area contributed by atoms with Gasteiger partial charge in [0.25, 0.3) is 0 Å². The van der Waals surface area contributed by atoms with Crippen molar-refractivity contribution in [2.45, 2.75) is 13.8 Å². The van der Waals surface area contributed by atoms with Crippen LogP contribution in [0.2, 0.25) is 0 Å². The van der Waals surface area contributed by atoms with Gasteiger partial charge < -0.3 is 10.6 Å². The molecular formula is C14H16BrN3. The van der Waals surface area contributed by atoms with E-state index in [0.717, 1.165) is 22.4 Å². The standard InChI is InChI=1S/C14H16BrN3/c1-3-18(11-6-4-10(2)5-7-11)14-12(15)8-17-9-13(14)16/h4-9H,3,16H2,1-2H3. The number of rotatable bonds is 3. The first kappa shape index (κ1) is 12.9. The van der Waals surface area contributed by atoms with Gasteiger partial charge in [-0.2, -0.15) is 0 Å². The molecule has 0 aliphatic heterocycles. The SMILES string of the molecule is CCN(c1ccc(C)cc1)c1c(N)cncc1Br. The molecule has 0 spiro atoms. The third kappa shape index (κ3) is 2.48. The minimum atomic E-state index is 0.673. The van der Waals surface area contributed by atoms with E-state index >= 15 is 0 Å². The first-order valence-corrected chi connectivity index (χ1v) is 6.66. The van der Waals surface area contributed by atoms with Crippen molar-refractivity contribution < 1.29 is 0 Å². The van der Waals surface area contributed by atoms with Crippen molar-refractivity contribution in [3.05, 3.63) is 46.7 Å². The quantitative estimate of drug-likeness (QED) is 0.935. The fourth-order valence-electron chi connectivity index (χ4n) is 1.92. The van der Waals surface area contributed by atoms with Crippen LogP contribution in [0.4, 0.5) is 17.1 Å². The van der Waals surface area contributed by atoms with Crippen molar-refractivity contribution in [3.63, 3.8) is 0 Å². The van der Waals surface area contributed by atoms with E-state index in [9.17, 15) is 0 Å². The van der Waals surface area contributed by atoms with Gasteiger partial charge in [0.05, 0.1) is 22.0 Å². The second-order valence-corrected chi connectivity index (χ2v) is 4.99. The number of nitrogens with two attached hydrogens (primary N) is 1. The largest absolute Gasteiger partial charge is 0.396 e. The Morgan fingerprint density at radius 2 is 1.89 bits per heavy atom. The summed E-state index contributed by atoms with van der Waals surface area (Å²) in [5.41, 5.74) is 10.0. The van der Waals surface area contributed by atoms with Crippen LogP contribution in [0.15, 0.2) is 41.1 Å². The highest BCUT2D eigenvalue weighted by molar-refractivity contribution is 9.10. The third-order valence-corrected chi connectivity index (χ3v) is 3.41. The predicted molar refractivity (Wildman–Crippen MR) is 80.2 cm³/mol. The first-order chi connectivity index (χ1) is 8.63. The van der Waals surface area contributed by atoms with E-state index in [2.05, 4.69) is 63.9 Å². The van der Waals surface area contributed by atoms with Crippen molar-refractivity contribution in [3.8, 4) is 0 Å². The molecule has 0 bridgehead atoms. The van der Waals surface area contributed by atoms with E-state index in [1.54, 1.807) is 12.4 Å². The molecule has 0 amide bonds. The lowest BCUT2D eigenvalue weighted by atomic mass is 10.2. The Morgan fingerprint density at radius 3 is 2.44 bits per heavy atom. The number of anilines is 3.